The minimum atomic E-state index is -0.219. The maximum atomic E-state index is 12.8. The van der Waals surface area contributed by atoms with E-state index in [0.717, 1.165) is 31.6 Å². The summed E-state index contributed by atoms with van der Waals surface area (Å²) in [6.45, 7) is 5.53. The molecular formula is C20H29N3O4. The van der Waals surface area contributed by atoms with E-state index < -0.39 is 0 Å². The number of likely N-dealkylation sites (tertiary alicyclic amines) is 1. The highest BCUT2D eigenvalue weighted by Gasteiger charge is 2.37. The maximum Gasteiger partial charge on any atom is 0.228 e. The molecule has 3 rings (SSSR count). The Balaban J connectivity index is 1.57. The summed E-state index contributed by atoms with van der Waals surface area (Å²) in [5, 5.41) is 3.29. The normalized spacial score (nSPS) is 22.9. The van der Waals surface area contributed by atoms with Crippen molar-refractivity contribution < 1.29 is 19.1 Å². The molecule has 2 aliphatic rings. The van der Waals surface area contributed by atoms with Gasteiger partial charge in [-0.05, 0) is 31.0 Å². The number of benzene rings is 1. The molecule has 27 heavy (non-hydrogen) atoms. The number of nitrogens with one attached hydrogen (secondary N) is 1. The largest absolute Gasteiger partial charge is 0.493 e. The molecule has 7 heteroatoms. The van der Waals surface area contributed by atoms with Gasteiger partial charge in [0.25, 0.3) is 0 Å². The summed E-state index contributed by atoms with van der Waals surface area (Å²) >= 11 is 0. The van der Waals surface area contributed by atoms with Crippen LogP contribution in [0.3, 0.4) is 0 Å². The molecule has 0 saturated carbocycles. The second kappa shape index (κ2) is 8.61. The first kappa shape index (κ1) is 19.5. The highest BCUT2D eigenvalue weighted by Crippen LogP contribution is 2.28. The summed E-state index contributed by atoms with van der Waals surface area (Å²) in [6, 6.07) is 5.97. The molecule has 1 N–H and O–H groups in total. The Bertz CT molecular complexity index is 694. The average molecular weight is 375 g/mol. The number of nitrogens with zero attached hydrogens (tertiary/aromatic N) is 2. The van der Waals surface area contributed by atoms with Crippen LogP contribution in [0.15, 0.2) is 18.2 Å². The van der Waals surface area contributed by atoms with E-state index in [2.05, 4.69) is 12.2 Å². The minimum Gasteiger partial charge on any atom is -0.493 e. The van der Waals surface area contributed by atoms with Gasteiger partial charge in [0.1, 0.15) is 0 Å². The van der Waals surface area contributed by atoms with Crippen molar-refractivity contribution in [2.24, 2.45) is 5.92 Å². The van der Waals surface area contributed by atoms with Crippen molar-refractivity contribution in [2.75, 3.05) is 46.9 Å². The summed E-state index contributed by atoms with van der Waals surface area (Å²) in [5.74, 6) is 1.34. The smallest absolute Gasteiger partial charge is 0.228 e. The van der Waals surface area contributed by atoms with Crippen LogP contribution >= 0.6 is 0 Å². The highest BCUT2D eigenvalue weighted by atomic mass is 16.5. The first-order valence-electron chi connectivity index (χ1n) is 9.53. The molecule has 2 heterocycles. The lowest BCUT2D eigenvalue weighted by molar-refractivity contribution is -0.138. The van der Waals surface area contributed by atoms with E-state index in [0.29, 0.717) is 31.0 Å². The highest BCUT2D eigenvalue weighted by molar-refractivity contribution is 5.89. The number of carbonyl (C=O) groups excluding carboxylic acids is 2. The number of hydrogen-bond acceptors (Lipinski definition) is 5. The molecule has 148 valence electrons. The number of rotatable bonds is 6. The fourth-order valence-electron chi connectivity index (χ4n) is 3.86. The zero-order chi connectivity index (χ0) is 19.4. The average Bonchev–Trinajstić information content (AvgIpc) is 3.06. The van der Waals surface area contributed by atoms with Gasteiger partial charge in [0, 0.05) is 45.2 Å². The van der Waals surface area contributed by atoms with Crippen LogP contribution in [0.4, 0.5) is 0 Å². The Morgan fingerprint density at radius 3 is 2.74 bits per heavy atom. The Labute approximate surface area is 160 Å². The van der Waals surface area contributed by atoms with Crippen LogP contribution in [-0.4, -0.2) is 74.6 Å². The number of amides is 2. The number of piperazine rings is 1. The molecule has 2 atom stereocenters. The molecule has 2 aliphatic heterocycles. The molecule has 7 nitrogen and oxygen atoms in total. The molecule has 1 aromatic rings. The van der Waals surface area contributed by atoms with Crippen molar-refractivity contribution in [3.63, 3.8) is 0 Å². The van der Waals surface area contributed by atoms with Crippen molar-refractivity contribution in [1.29, 1.82) is 0 Å². The molecule has 1 aromatic carbocycles. The fraction of sp³-hybridized carbons (Fsp3) is 0.600. The summed E-state index contributed by atoms with van der Waals surface area (Å²) in [4.78, 5) is 28.9. The molecule has 0 aromatic heterocycles. The quantitative estimate of drug-likeness (QED) is 0.801. The van der Waals surface area contributed by atoms with Gasteiger partial charge in [-0.3, -0.25) is 9.59 Å². The fourth-order valence-corrected chi connectivity index (χ4v) is 3.86. The van der Waals surface area contributed by atoms with Crippen LogP contribution in [0, 0.1) is 5.92 Å². The van der Waals surface area contributed by atoms with Crippen molar-refractivity contribution in [1.82, 2.24) is 15.1 Å². The molecule has 2 fully saturated rings. The summed E-state index contributed by atoms with van der Waals surface area (Å²) in [5.41, 5.74) is 1.07. The molecule has 0 radical (unpaired) electrons. The van der Waals surface area contributed by atoms with Crippen molar-refractivity contribution in [2.45, 2.75) is 25.8 Å². The number of methoxy groups -OCH3 is 2. The zero-order valence-electron chi connectivity index (χ0n) is 16.4. The molecule has 2 unspecified atom stereocenters. The van der Waals surface area contributed by atoms with E-state index in [9.17, 15) is 9.59 Å². The Morgan fingerprint density at radius 2 is 2.04 bits per heavy atom. The SMILES string of the molecule is COc1ccc(CCN2CC(C(=O)N3CCNCC3C)CC2=O)cc1OC. The predicted molar refractivity (Wildman–Crippen MR) is 102 cm³/mol. The van der Waals surface area contributed by atoms with E-state index in [-0.39, 0.29) is 23.8 Å². The van der Waals surface area contributed by atoms with Crippen molar-refractivity contribution >= 4 is 11.8 Å². The first-order chi connectivity index (χ1) is 13.0. The van der Waals surface area contributed by atoms with E-state index in [1.807, 2.05) is 28.0 Å². The third kappa shape index (κ3) is 4.35. The zero-order valence-corrected chi connectivity index (χ0v) is 16.4. The second-order valence-electron chi connectivity index (χ2n) is 7.26. The summed E-state index contributed by atoms with van der Waals surface area (Å²) in [6.07, 6.45) is 1.04. The molecular weight excluding hydrogens is 346 g/mol. The van der Waals surface area contributed by atoms with Gasteiger partial charge >= 0.3 is 0 Å². The topological polar surface area (TPSA) is 71.1 Å². The third-order valence-electron chi connectivity index (χ3n) is 5.47. The maximum absolute atomic E-state index is 12.8. The van der Waals surface area contributed by atoms with Gasteiger partial charge in [0.2, 0.25) is 11.8 Å². The number of hydrogen-bond donors (Lipinski definition) is 1. The molecule has 0 spiro atoms. The van der Waals surface area contributed by atoms with Gasteiger partial charge in [-0.25, -0.2) is 0 Å². The van der Waals surface area contributed by atoms with E-state index in [1.54, 1.807) is 14.2 Å². The standard InChI is InChI=1S/C20H29N3O4/c1-14-12-21-7-9-23(14)20(25)16-11-19(24)22(13-16)8-6-15-4-5-17(26-2)18(10-15)27-3/h4-5,10,14,16,21H,6-9,11-13H2,1-3H3. The Morgan fingerprint density at radius 1 is 1.26 bits per heavy atom. The minimum absolute atomic E-state index is 0.0663. The Hall–Kier alpha value is -2.28. The predicted octanol–water partition coefficient (Wildman–Crippen LogP) is 0.915. The third-order valence-corrected chi connectivity index (χ3v) is 5.47. The van der Waals surface area contributed by atoms with E-state index in [4.69, 9.17) is 9.47 Å². The van der Waals surface area contributed by atoms with Gasteiger partial charge < -0.3 is 24.6 Å². The summed E-state index contributed by atoms with van der Waals surface area (Å²) in [7, 11) is 3.22. The van der Waals surface area contributed by atoms with Gasteiger partial charge in [0.15, 0.2) is 11.5 Å². The van der Waals surface area contributed by atoms with Crippen LogP contribution in [0.5, 0.6) is 11.5 Å². The molecule has 0 aliphatic carbocycles. The van der Waals surface area contributed by atoms with Crippen molar-refractivity contribution in [3.8, 4) is 11.5 Å². The van der Waals surface area contributed by atoms with E-state index in [1.165, 1.54) is 0 Å². The number of carbonyl (C=O) groups is 2. The van der Waals surface area contributed by atoms with Gasteiger partial charge in [-0.2, -0.15) is 0 Å². The van der Waals surface area contributed by atoms with Crippen LogP contribution in [0.2, 0.25) is 0 Å². The van der Waals surface area contributed by atoms with Crippen LogP contribution in [0.25, 0.3) is 0 Å². The monoisotopic (exact) mass is 375 g/mol. The van der Waals surface area contributed by atoms with Crippen LogP contribution in [0.1, 0.15) is 18.9 Å². The first-order valence-corrected chi connectivity index (χ1v) is 9.53. The lowest BCUT2D eigenvalue weighted by atomic mass is 10.0. The second-order valence-corrected chi connectivity index (χ2v) is 7.26. The molecule has 2 amide bonds. The van der Waals surface area contributed by atoms with E-state index >= 15 is 0 Å². The van der Waals surface area contributed by atoms with Gasteiger partial charge in [-0.1, -0.05) is 6.07 Å². The van der Waals surface area contributed by atoms with Gasteiger partial charge in [-0.15, -0.1) is 0 Å². The molecule has 0 bridgehead atoms. The lowest BCUT2D eigenvalue weighted by Crippen LogP contribution is -2.54. The number of ether oxygens (including phenoxy) is 2. The van der Waals surface area contributed by atoms with Gasteiger partial charge in [0.05, 0.1) is 20.1 Å². The Kier molecular flexibility index (Phi) is 6.21. The van der Waals surface area contributed by atoms with Crippen molar-refractivity contribution in [3.05, 3.63) is 23.8 Å². The van der Waals surface area contributed by atoms with Crippen LogP contribution < -0.4 is 14.8 Å². The lowest BCUT2D eigenvalue weighted by Gasteiger charge is -2.35. The molecule has 2 saturated heterocycles. The van der Waals surface area contributed by atoms with Crippen LogP contribution in [-0.2, 0) is 16.0 Å². The summed E-state index contributed by atoms with van der Waals surface area (Å²) < 4.78 is 10.6.